The number of carbonyl (C=O) groups excluding carboxylic acids is 1. The zero-order valence-electron chi connectivity index (χ0n) is 16.9. The molecule has 0 saturated carbocycles. The van der Waals surface area contributed by atoms with Crippen molar-refractivity contribution in [2.24, 2.45) is 0 Å². The van der Waals surface area contributed by atoms with Crippen molar-refractivity contribution in [3.05, 3.63) is 72.7 Å². The normalized spacial score (nSPS) is 11.2. The van der Waals surface area contributed by atoms with Gasteiger partial charge in [0.2, 0.25) is 0 Å². The Hall–Kier alpha value is -4.59. The topological polar surface area (TPSA) is 123 Å². The molecule has 0 fully saturated rings. The lowest BCUT2D eigenvalue weighted by Crippen LogP contribution is -2.26. The van der Waals surface area contributed by atoms with Crippen molar-refractivity contribution >= 4 is 33.4 Å². The zero-order valence-corrected chi connectivity index (χ0v) is 16.9. The van der Waals surface area contributed by atoms with Gasteiger partial charge in [-0.1, -0.05) is 18.2 Å². The number of aromatic nitrogens is 3. The smallest absolute Gasteiger partial charge is 0.274 e. The number of hydrogen-bond acceptors (Lipinski definition) is 6. The monoisotopic (exact) mass is 426 g/mol. The molecule has 0 spiro atoms. The van der Waals surface area contributed by atoms with Crippen LogP contribution in [0.5, 0.6) is 17.2 Å². The van der Waals surface area contributed by atoms with E-state index in [1.807, 2.05) is 36.4 Å². The van der Waals surface area contributed by atoms with Crippen LogP contribution >= 0.6 is 0 Å². The first-order valence-corrected chi connectivity index (χ1v) is 9.78. The van der Waals surface area contributed by atoms with Gasteiger partial charge in [-0.05, 0) is 29.7 Å². The number of phenolic OH excluding ortho intramolecular Hbond substituents is 3. The van der Waals surface area contributed by atoms with Gasteiger partial charge in [-0.15, -0.1) is 0 Å². The van der Waals surface area contributed by atoms with E-state index in [9.17, 15) is 20.1 Å². The number of H-pyrrole nitrogens is 1. The lowest BCUT2D eigenvalue weighted by Gasteiger charge is -2.17. The fourth-order valence-electron chi connectivity index (χ4n) is 3.70. The maximum absolute atomic E-state index is 13.0. The average molecular weight is 426 g/mol. The summed E-state index contributed by atoms with van der Waals surface area (Å²) in [7, 11) is 1.50. The van der Waals surface area contributed by atoms with E-state index in [4.69, 9.17) is 4.98 Å². The van der Waals surface area contributed by atoms with Gasteiger partial charge in [-0.25, -0.2) is 4.98 Å². The standard InChI is InChI=1S/C24H18N4O4/c1-28(14-9-21(29)23(31)22(30)10-14)24(32)20-11-19-18(27-20)6-5-17(26-19)16-4-2-3-13-12-25-8-7-15(13)16/h2-12,27,29-31H,1H3. The molecule has 1 amide bonds. The highest BCUT2D eigenvalue weighted by atomic mass is 16.3. The molecule has 0 aliphatic carbocycles. The average Bonchev–Trinajstić information content (AvgIpc) is 3.24. The minimum Gasteiger partial charge on any atom is -0.504 e. The van der Waals surface area contributed by atoms with Crippen molar-refractivity contribution in [3.8, 4) is 28.5 Å². The highest BCUT2D eigenvalue weighted by Gasteiger charge is 2.19. The quantitative estimate of drug-likeness (QED) is 0.321. The maximum Gasteiger partial charge on any atom is 0.274 e. The summed E-state index contributed by atoms with van der Waals surface area (Å²) in [6, 6.07) is 15.7. The first-order chi connectivity index (χ1) is 15.4. The molecule has 4 N–H and O–H groups in total. The molecule has 32 heavy (non-hydrogen) atoms. The molecule has 5 rings (SSSR count). The van der Waals surface area contributed by atoms with Crippen LogP contribution in [0.4, 0.5) is 5.69 Å². The Bertz CT molecular complexity index is 1480. The number of anilines is 1. The van der Waals surface area contributed by atoms with Gasteiger partial charge in [-0.2, -0.15) is 0 Å². The predicted octanol–water partition coefficient (Wildman–Crippen LogP) is 4.17. The Balaban J connectivity index is 1.52. The second kappa shape index (κ2) is 7.28. The van der Waals surface area contributed by atoms with Crippen LogP contribution in [-0.4, -0.2) is 43.2 Å². The van der Waals surface area contributed by atoms with E-state index in [-0.39, 0.29) is 5.69 Å². The summed E-state index contributed by atoms with van der Waals surface area (Å²) >= 11 is 0. The summed E-state index contributed by atoms with van der Waals surface area (Å²) < 4.78 is 0. The third kappa shape index (κ3) is 3.14. The Labute approximate surface area is 182 Å². The van der Waals surface area contributed by atoms with Crippen LogP contribution in [0.1, 0.15) is 10.5 Å². The summed E-state index contributed by atoms with van der Waals surface area (Å²) in [4.78, 5) is 26.2. The molecule has 0 unspecified atom stereocenters. The molecule has 8 nitrogen and oxygen atoms in total. The van der Waals surface area contributed by atoms with Crippen LogP contribution < -0.4 is 4.90 Å². The fraction of sp³-hybridized carbons (Fsp3) is 0.0417. The Morgan fingerprint density at radius 1 is 1.00 bits per heavy atom. The number of rotatable bonds is 3. The van der Waals surface area contributed by atoms with Gasteiger partial charge in [0.05, 0.1) is 22.4 Å². The third-order valence-electron chi connectivity index (χ3n) is 5.41. The van der Waals surface area contributed by atoms with E-state index in [2.05, 4.69) is 9.97 Å². The van der Waals surface area contributed by atoms with Gasteiger partial charge in [0.1, 0.15) is 5.69 Å². The number of nitrogens with zero attached hydrogens (tertiary/aromatic N) is 3. The Morgan fingerprint density at radius 3 is 2.56 bits per heavy atom. The number of benzene rings is 2. The molecular weight excluding hydrogens is 408 g/mol. The molecular formula is C24H18N4O4. The lowest BCUT2D eigenvalue weighted by atomic mass is 10.0. The number of hydrogen-bond donors (Lipinski definition) is 4. The highest BCUT2D eigenvalue weighted by Crippen LogP contribution is 2.38. The van der Waals surface area contributed by atoms with E-state index in [1.54, 1.807) is 18.5 Å². The zero-order chi connectivity index (χ0) is 22.4. The number of nitrogens with one attached hydrogen (secondary N) is 1. The maximum atomic E-state index is 13.0. The van der Waals surface area contributed by atoms with Crippen LogP contribution in [-0.2, 0) is 0 Å². The molecule has 0 saturated heterocycles. The number of carbonyl (C=O) groups is 1. The molecule has 0 bridgehead atoms. The van der Waals surface area contributed by atoms with Crippen molar-refractivity contribution in [1.82, 2.24) is 15.0 Å². The summed E-state index contributed by atoms with van der Waals surface area (Å²) in [6.07, 6.45) is 3.55. The van der Waals surface area contributed by atoms with Crippen LogP contribution in [0, 0.1) is 0 Å². The molecule has 3 heterocycles. The molecule has 8 heteroatoms. The first-order valence-electron chi connectivity index (χ1n) is 9.78. The largest absolute Gasteiger partial charge is 0.504 e. The molecule has 3 aromatic heterocycles. The second-order valence-electron chi connectivity index (χ2n) is 7.41. The number of pyridine rings is 2. The molecule has 158 valence electrons. The van der Waals surface area contributed by atoms with E-state index in [0.29, 0.717) is 16.7 Å². The molecule has 2 aromatic carbocycles. The SMILES string of the molecule is CN(C(=O)c1cc2nc(-c3cccc4cnccc34)ccc2[nH]1)c1cc(O)c(O)c(O)c1. The summed E-state index contributed by atoms with van der Waals surface area (Å²) in [6.45, 7) is 0. The third-order valence-corrected chi connectivity index (χ3v) is 5.41. The number of fused-ring (bicyclic) bond motifs is 2. The van der Waals surface area contributed by atoms with E-state index in [1.165, 1.54) is 24.1 Å². The van der Waals surface area contributed by atoms with Crippen molar-refractivity contribution in [1.29, 1.82) is 0 Å². The van der Waals surface area contributed by atoms with Gasteiger partial charge in [0, 0.05) is 42.5 Å². The number of phenols is 3. The molecule has 0 atom stereocenters. The predicted molar refractivity (Wildman–Crippen MR) is 121 cm³/mol. The number of aromatic hydroxyl groups is 3. The van der Waals surface area contributed by atoms with Gasteiger partial charge in [0.25, 0.3) is 5.91 Å². The van der Waals surface area contributed by atoms with Crippen LogP contribution in [0.3, 0.4) is 0 Å². The summed E-state index contributed by atoms with van der Waals surface area (Å²) in [5, 5.41) is 31.1. The number of amides is 1. The summed E-state index contributed by atoms with van der Waals surface area (Å²) in [5.41, 5.74) is 3.58. The second-order valence-corrected chi connectivity index (χ2v) is 7.41. The van der Waals surface area contributed by atoms with Gasteiger partial charge in [0.15, 0.2) is 17.2 Å². The van der Waals surface area contributed by atoms with E-state index < -0.39 is 23.2 Å². The Morgan fingerprint density at radius 2 is 1.78 bits per heavy atom. The van der Waals surface area contributed by atoms with Crippen LogP contribution in [0.25, 0.3) is 33.1 Å². The number of aromatic amines is 1. The first kappa shape index (κ1) is 19.4. The van der Waals surface area contributed by atoms with E-state index >= 15 is 0 Å². The molecule has 0 aliphatic rings. The highest BCUT2D eigenvalue weighted by molar-refractivity contribution is 6.07. The van der Waals surface area contributed by atoms with Crippen LogP contribution in [0.15, 0.2) is 67.0 Å². The van der Waals surface area contributed by atoms with Crippen molar-refractivity contribution < 1.29 is 20.1 Å². The van der Waals surface area contributed by atoms with Gasteiger partial charge >= 0.3 is 0 Å². The van der Waals surface area contributed by atoms with Crippen molar-refractivity contribution in [2.45, 2.75) is 0 Å². The fourth-order valence-corrected chi connectivity index (χ4v) is 3.70. The van der Waals surface area contributed by atoms with Crippen LogP contribution in [0.2, 0.25) is 0 Å². The summed E-state index contributed by atoms with van der Waals surface area (Å²) in [5.74, 6) is -2.08. The molecule has 0 radical (unpaired) electrons. The van der Waals surface area contributed by atoms with Gasteiger partial charge < -0.3 is 25.2 Å². The van der Waals surface area contributed by atoms with E-state index in [0.717, 1.165) is 22.0 Å². The van der Waals surface area contributed by atoms with Gasteiger partial charge in [-0.3, -0.25) is 9.78 Å². The van der Waals surface area contributed by atoms with Crippen molar-refractivity contribution in [3.63, 3.8) is 0 Å². The lowest BCUT2D eigenvalue weighted by molar-refractivity contribution is 0.0989. The minimum absolute atomic E-state index is 0.222. The van der Waals surface area contributed by atoms with Crippen molar-refractivity contribution in [2.75, 3.05) is 11.9 Å². The molecule has 5 aromatic rings. The molecule has 0 aliphatic heterocycles. The minimum atomic E-state index is -0.638. The Kier molecular flexibility index (Phi) is 4.41.